The van der Waals surface area contributed by atoms with Crippen LogP contribution in [0.5, 0.6) is 0 Å². The maximum absolute atomic E-state index is 12.7. The third-order valence-electron chi connectivity index (χ3n) is 4.00. The largest absolute Gasteiger partial charge is 0.480 e. The van der Waals surface area contributed by atoms with Crippen LogP contribution < -0.4 is 10.6 Å². The van der Waals surface area contributed by atoms with E-state index in [4.69, 9.17) is 4.74 Å². The van der Waals surface area contributed by atoms with Crippen LogP contribution in [0.2, 0.25) is 0 Å². The van der Waals surface area contributed by atoms with Crippen molar-refractivity contribution in [1.82, 2.24) is 10.6 Å². The van der Waals surface area contributed by atoms with Crippen LogP contribution in [0.4, 0.5) is 4.79 Å². The fourth-order valence-corrected chi connectivity index (χ4v) is 2.43. The molecule has 1 rings (SSSR count). The van der Waals surface area contributed by atoms with Crippen molar-refractivity contribution in [2.75, 3.05) is 0 Å². The summed E-state index contributed by atoms with van der Waals surface area (Å²) < 4.78 is 5.18. The summed E-state index contributed by atoms with van der Waals surface area (Å²) in [6.07, 6.45) is -0.739. The zero-order valence-corrected chi connectivity index (χ0v) is 16.8. The number of carboxylic acid groups (broad SMARTS) is 1. The number of hydrogen-bond donors (Lipinski definition) is 3. The number of amides is 2. The number of ether oxygens (including phenoxy) is 1. The van der Waals surface area contributed by atoms with E-state index in [1.165, 1.54) is 0 Å². The minimum Gasteiger partial charge on any atom is -0.480 e. The average Bonchev–Trinajstić information content (AvgIpc) is 2.54. The molecular weight excluding hydrogens is 348 g/mol. The quantitative estimate of drug-likeness (QED) is 0.706. The molecule has 0 radical (unpaired) electrons. The number of hydrogen-bond acceptors (Lipinski definition) is 4. The minimum atomic E-state index is -1.13. The minimum absolute atomic E-state index is 0.0743. The molecule has 3 N–H and O–H groups in total. The van der Waals surface area contributed by atoms with E-state index in [1.807, 2.05) is 30.3 Å². The molecule has 0 saturated carbocycles. The molecule has 7 heteroatoms. The van der Waals surface area contributed by atoms with Gasteiger partial charge >= 0.3 is 12.1 Å². The molecule has 0 aliphatic carbocycles. The number of alkyl carbamates (subject to hydrolysis) is 1. The van der Waals surface area contributed by atoms with Crippen LogP contribution in [0.15, 0.2) is 30.3 Å². The molecule has 0 unspecified atom stereocenters. The van der Waals surface area contributed by atoms with Crippen molar-refractivity contribution >= 4 is 18.0 Å². The van der Waals surface area contributed by atoms with Crippen molar-refractivity contribution in [3.63, 3.8) is 0 Å². The Kier molecular flexibility index (Phi) is 7.39. The molecule has 0 bridgehead atoms. The average molecular weight is 378 g/mol. The Morgan fingerprint density at radius 2 is 1.44 bits per heavy atom. The van der Waals surface area contributed by atoms with Gasteiger partial charge in [0.15, 0.2) is 0 Å². The van der Waals surface area contributed by atoms with Crippen molar-refractivity contribution in [1.29, 1.82) is 0 Å². The Bertz CT molecular complexity index is 659. The first-order valence-corrected chi connectivity index (χ1v) is 8.83. The number of benzene rings is 1. The fraction of sp³-hybridized carbons (Fsp3) is 0.550. The molecule has 0 aliphatic heterocycles. The third-order valence-corrected chi connectivity index (χ3v) is 4.00. The van der Waals surface area contributed by atoms with Crippen LogP contribution in [0.1, 0.15) is 47.1 Å². The first-order valence-electron chi connectivity index (χ1n) is 8.83. The summed E-state index contributed by atoms with van der Waals surface area (Å²) in [7, 11) is 0. The van der Waals surface area contributed by atoms with Crippen LogP contribution in [0.3, 0.4) is 0 Å². The molecule has 150 valence electrons. The van der Waals surface area contributed by atoms with Crippen LogP contribution in [0.25, 0.3) is 0 Å². The second-order valence-electron chi connectivity index (χ2n) is 8.65. The standard InChI is InChI=1S/C20H30N2O5/c1-19(2,3)14(16(23)21-15(17(24)25)20(4,5)6)22-18(26)27-12-13-10-8-7-9-11-13/h7-11,14-15H,12H2,1-6H3,(H,21,23)(H,22,26)(H,24,25)/t14-,15-/m1/s1. The summed E-state index contributed by atoms with van der Waals surface area (Å²) in [5, 5.41) is 14.5. The highest BCUT2D eigenvalue weighted by Gasteiger charge is 2.38. The summed E-state index contributed by atoms with van der Waals surface area (Å²) in [6, 6.07) is 7.13. The number of nitrogens with one attached hydrogen (secondary N) is 2. The molecule has 0 heterocycles. The van der Waals surface area contributed by atoms with Crippen LogP contribution in [0, 0.1) is 10.8 Å². The molecule has 0 saturated heterocycles. The normalized spacial score (nSPS) is 14.0. The molecule has 1 aromatic carbocycles. The summed E-state index contributed by atoms with van der Waals surface area (Å²) >= 11 is 0. The van der Waals surface area contributed by atoms with Gasteiger partial charge < -0.3 is 20.5 Å². The van der Waals surface area contributed by atoms with E-state index in [-0.39, 0.29) is 6.61 Å². The van der Waals surface area contributed by atoms with E-state index in [0.29, 0.717) is 0 Å². The van der Waals surface area contributed by atoms with Gasteiger partial charge in [0.2, 0.25) is 5.91 Å². The lowest BCUT2D eigenvalue weighted by Gasteiger charge is -2.34. The predicted molar refractivity (Wildman–Crippen MR) is 102 cm³/mol. The van der Waals surface area contributed by atoms with Crippen LogP contribution >= 0.6 is 0 Å². The molecule has 1 aromatic rings. The lowest BCUT2D eigenvalue weighted by atomic mass is 9.83. The second-order valence-corrected chi connectivity index (χ2v) is 8.65. The Hall–Kier alpha value is -2.57. The first-order chi connectivity index (χ1) is 12.3. The molecule has 0 aromatic heterocycles. The Balaban J connectivity index is 2.81. The van der Waals surface area contributed by atoms with E-state index in [0.717, 1.165) is 5.56 Å². The Labute approximate surface area is 160 Å². The fourth-order valence-electron chi connectivity index (χ4n) is 2.43. The van der Waals surface area contributed by atoms with Gasteiger partial charge in [0, 0.05) is 0 Å². The Morgan fingerprint density at radius 3 is 1.89 bits per heavy atom. The molecular formula is C20H30N2O5. The van der Waals surface area contributed by atoms with Gasteiger partial charge in [-0.3, -0.25) is 4.79 Å². The zero-order chi connectivity index (χ0) is 20.8. The van der Waals surface area contributed by atoms with Crippen LogP contribution in [-0.4, -0.2) is 35.2 Å². The summed E-state index contributed by atoms with van der Waals surface area (Å²) in [5.41, 5.74) is -0.503. The first kappa shape index (κ1) is 22.5. The molecule has 2 atom stereocenters. The SMILES string of the molecule is CC(C)(C)[C@H](NC(=O)[C@@H](NC(=O)OCc1ccccc1)C(C)(C)C)C(=O)O. The highest BCUT2D eigenvalue weighted by Crippen LogP contribution is 2.23. The van der Waals surface area contributed by atoms with E-state index in [1.54, 1.807) is 41.5 Å². The highest BCUT2D eigenvalue weighted by atomic mass is 16.5. The topological polar surface area (TPSA) is 105 Å². The van der Waals surface area contributed by atoms with Gasteiger partial charge in [-0.25, -0.2) is 9.59 Å². The molecule has 0 spiro atoms. The number of carbonyl (C=O) groups excluding carboxylic acids is 2. The summed E-state index contributed by atoms with van der Waals surface area (Å²) in [6.45, 7) is 10.6. The van der Waals surface area contributed by atoms with Gasteiger partial charge in [0.1, 0.15) is 18.7 Å². The van der Waals surface area contributed by atoms with Gasteiger partial charge in [-0.2, -0.15) is 0 Å². The third kappa shape index (κ3) is 7.29. The maximum Gasteiger partial charge on any atom is 0.408 e. The van der Waals surface area contributed by atoms with Gasteiger partial charge in [0.25, 0.3) is 0 Å². The van der Waals surface area contributed by atoms with Crippen LogP contribution in [-0.2, 0) is 20.9 Å². The molecule has 0 fully saturated rings. The lowest BCUT2D eigenvalue weighted by Crippen LogP contribution is -2.59. The number of aliphatic carboxylic acids is 1. The smallest absolute Gasteiger partial charge is 0.408 e. The van der Waals surface area contributed by atoms with Gasteiger partial charge in [-0.15, -0.1) is 0 Å². The van der Waals surface area contributed by atoms with Crippen molar-refractivity contribution < 1.29 is 24.2 Å². The number of rotatable bonds is 6. The monoisotopic (exact) mass is 378 g/mol. The van der Waals surface area contributed by atoms with Gasteiger partial charge in [-0.05, 0) is 16.4 Å². The van der Waals surface area contributed by atoms with Crippen molar-refractivity contribution in [2.24, 2.45) is 10.8 Å². The van der Waals surface area contributed by atoms with Gasteiger partial charge in [-0.1, -0.05) is 71.9 Å². The van der Waals surface area contributed by atoms with Crippen molar-refractivity contribution in [3.05, 3.63) is 35.9 Å². The molecule has 27 heavy (non-hydrogen) atoms. The summed E-state index contributed by atoms with van der Waals surface area (Å²) in [5.74, 6) is -1.70. The van der Waals surface area contributed by atoms with Crippen molar-refractivity contribution in [3.8, 4) is 0 Å². The lowest BCUT2D eigenvalue weighted by molar-refractivity contribution is -0.145. The maximum atomic E-state index is 12.7. The summed E-state index contributed by atoms with van der Waals surface area (Å²) in [4.78, 5) is 36.4. The highest BCUT2D eigenvalue weighted by molar-refractivity contribution is 5.90. The van der Waals surface area contributed by atoms with Gasteiger partial charge in [0.05, 0.1) is 0 Å². The molecule has 7 nitrogen and oxygen atoms in total. The molecule has 2 amide bonds. The Morgan fingerprint density at radius 1 is 0.926 bits per heavy atom. The van der Waals surface area contributed by atoms with E-state index in [9.17, 15) is 19.5 Å². The van der Waals surface area contributed by atoms with Crippen molar-refractivity contribution in [2.45, 2.75) is 60.2 Å². The zero-order valence-electron chi connectivity index (χ0n) is 16.8. The van der Waals surface area contributed by atoms with E-state index >= 15 is 0 Å². The second kappa shape index (κ2) is 8.88. The predicted octanol–water partition coefficient (Wildman–Crippen LogP) is 2.94. The number of carboxylic acids is 1. The molecule has 0 aliphatic rings. The van der Waals surface area contributed by atoms with E-state index in [2.05, 4.69) is 10.6 Å². The number of carbonyl (C=O) groups is 3. The van der Waals surface area contributed by atoms with E-state index < -0.39 is 40.9 Å².